The standard InChI is InChI=1S/C36H39IN4/c1-33(2)25-15-16-26(38-25)34(3,4)28-19-20-30(40-28)36(7,8)32-23(12-9-22-10-13-24(37)14-11-22)21-31(41-32)35(5,6)29-18-17-27(33)39-29/h10-11,13-21,38-41H,1-8H3. The van der Waals surface area contributed by atoms with E-state index in [0.717, 1.165) is 28.2 Å². The molecule has 5 heteroatoms. The topological polar surface area (TPSA) is 63.2 Å². The summed E-state index contributed by atoms with van der Waals surface area (Å²) in [5.74, 6) is 6.98. The van der Waals surface area contributed by atoms with Crippen molar-refractivity contribution in [3.8, 4) is 11.8 Å². The molecule has 1 aliphatic heterocycles. The molecule has 0 fully saturated rings. The Kier molecular flexibility index (Phi) is 6.32. The summed E-state index contributed by atoms with van der Waals surface area (Å²) in [6, 6.07) is 24.1. The highest BCUT2D eigenvalue weighted by Gasteiger charge is 2.37. The lowest BCUT2D eigenvalue weighted by Crippen LogP contribution is -2.26. The first kappa shape index (κ1) is 27.8. The molecule has 8 bridgehead atoms. The highest BCUT2D eigenvalue weighted by Crippen LogP contribution is 2.41. The highest BCUT2D eigenvalue weighted by atomic mass is 127. The summed E-state index contributed by atoms with van der Waals surface area (Å²) in [4.78, 5) is 15.3. The van der Waals surface area contributed by atoms with E-state index in [4.69, 9.17) is 0 Å². The van der Waals surface area contributed by atoms with Crippen LogP contribution >= 0.6 is 22.6 Å². The molecule has 0 aliphatic carbocycles. The Bertz CT molecular complexity index is 1800. The van der Waals surface area contributed by atoms with Crippen molar-refractivity contribution in [2.45, 2.75) is 77.0 Å². The maximum Gasteiger partial charge on any atom is 0.0469 e. The third kappa shape index (κ3) is 4.52. The van der Waals surface area contributed by atoms with E-state index in [9.17, 15) is 0 Å². The zero-order valence-corrected chi connectivity index (χ0v) is 27.4. The SMILES string of the molecule is CC1(C)c2ccc([nH]2)C(C)(C)c2ccc([nH]2)C(C)(C)c2[nH]c(cc2C#Cc2ccc(I)cc2)C(C)(C)c2ccc1[nH]2. The first-order valence-electron chi connectivity index (χ1n) is 14.3. The minimum Gasteiger partial charge on any atom is -0.361 e. The number of halogens is 1. The number of fused-ring (bicyclic) bond motifs is 8. The molecule has 0 saturated heterocycles. The fourth-order valence-corrected chi connectivity index (χ4v) is 6.36. The highest BCUT2D eigenvalue weighted by molar-refractivity contribution is 14.1. The zero-order chi connectivity index (χ0) is 29.4. The van der Waals surface area contributed by atoms with Crippen molar-refractivity contribution < 1.29 is 0 Å². The van der Waals surface area contributed by atoms with Crippen molar-refractivity contribution in [2.24, 2.45) is 0 Å². The molecule has 0 spiro atoms. The van der Waals surface area contributed by atoms with Crippen molar-refractivity contribution >= 4 is 22.6 Å². The number of aromatic amines is 4. The number of benzene rings is 1. The van der Waals surface area contributed by atoms with Crippen molar-refractivity contribution in [1.29, 1.82) is 0 Å². The summed E-state index contributed by atoms with van der Waals surface area (Å²) in [7, 11) is 0. The van der Waals surface area contributed by atoms with Gasteiger partial charge in [0.15, 0.2) is 0 Å². The Labute approximate surface area is 257 Å². The normalized spacial score (nSPS) is 18.0. The molecule has 4 aromatic heterocycles. The third-order valence-corrected chi connectivity index (χ3v) is 10.1. The van der Waals surface area contributed by atoms with Gasteiger partial charge in [-0.25, -0.2) is 0 Å². The van der Waals surface area contributed by atoms with Gasteiger partial charge in [0.2, 0.25) is 0 Å². The molecule has 0 radical (unpaired) electrons. The van der Waals surface area contributed by atoms with E-state index in [1.54, 1.807) is 0 Å². The summed E-state index contributed by atoms with van der Waals surface area (Å²) in [5, 5.41) is 0. The van der Waals surface area contributed by atoms with Crippen LogP contribution in [0.1, 0.15) is 112 Å². The monoisotopic (exact) mass is 654 g/mol. The maximum atomic E-state index is 3.88. The van der Waals surface area contributed by atoms with Gasteiger partial charge in [0.05, 0.1) is 0 Å². The first-order valence-corrected chi connectivity index (χ1v) is 15.4. The summed E-state index contributed by atoms with van der Waals surface area (Å²) >= 11 is 2.33. The second kappa shape index (κ2) is 9.32. The van der Waals surface area contributed by atoms with E-state index in [2.05, 4.69) is 176 Å². The fourth-order valence-electron chi connectivity index (χ4n) is 6.00. The Morgan fingerprint density at radius 3 is 1.29 bits per heavy atom. The molecule has 5 heterocycles. The van der Waals surface area contributed by atoms with Crippen LogP contribution in [0.2, 0.25) is 0 Å². The predicted octanol–water partition coefficient (Wildman–Crippen LogP) is 8.62. The molecule has 0 atom stereocenters. The second-order valence-corrected chi connectivity index (χ2v) is 14.8. The van der Waals surface area contributed by atoms with Crippen LogP contribution in [0.3, 0.4) is 0 Å². The number of rotatable bonds is 0. The fraction of sp³-hybridized carbons (Fsp3) is 0.333. The maximum absolute atomic E-state index is 3.88. The van der Waals surface area contributed by atoms with E-state index < -0.39 is 0 Å². The molecule has 6 rings (SSSR count). The van der Waals surface area contributed by atoms with Crippen LogP contribution in [0, 0.1) is 15.4 Å². The molecule has 41 heavy (non-hydrogen) atoms. The van der Waals surface area contributed by atoms with Crippen molar-refractivity contribution in [3.63, 3.8) is 0 Å². The average Bonchev–Trinajstić information content (AvgIpc) is 3.74. The van der Waals surface area contributed by atoms with E-state index in [1.807, 2.05) is 0 Å². The third-order valence-electron chi connectivity index (χ3n) is 9.40. The van der Waals surface area contributed by atoms with Gasteiger partial charge in [0.25, 0.3) is 0 Å². The lowest BCUT2D eigenvalue weighted by atomic mass is 9.83. The predicted molar refractivity (Wildman–Crippen MR) is 177 cm³/mol. The molecule has 0 saturated carbocycles. The summed E-state index contributed by atoms with van der Waals surface area (Å²) in [5.41, 5.74) is 10.3. The molecular weight excluding hydrogens is 615 g/mol. The molecule has 0 unspecified atom stereocenters. The van der Waals surface area contributed by atoms with Crippen LogP contribution in [0.4, 0.5) is 0 Å². The molecule has 4 nitrogen and oxygen atoms in total. The van der Waals surface area contributed by atoms with E-state index in [0.29, 0.717) is 0 Å². The lowest BCUT2D eigenvalue weighted by Gasteiger charge is -2.28. The van der Waals surface area contributed by atoms with Gasteiger partial charge in [0, 0.05) is 81.9 Å². The van der Waals surface area contributed by atoms with Crippen molar-refractivity contribution in [3.05, 3.63) is 127 Å². The molecule has 0 amide bonds. The van der Waals surface area contributed by atoms with Crippen LogP contribution in [0.5, 0.6) is 0 Å². The van der Waals surface area contributed by atoms with Gasteiger partial charge in [-0.05, 0) is 145 Å². The van der Waals surface area contributed by atoms with Gasteiger partial charge >= 0.3 is 0 Å². The van der Waals surface area contributed by atoms with E-state index in [1.165, 1.54) is 32.0 Å². The van der Waals surface area contributed by atoms with Gasteiger partial charge < -0.3 is 19.9 Å². The van der Waals surface area contributed by atoms with Crippen LogP contribution in [-0.2, 0) is 21.7 Å². The Hall–Kier alpha value is -3.37. The van der Waals surface area contributed by atoms with Crippen molar-refractivity contribution in [1.82, 2.24) is 19.9 Å². The molecule has 5 aromatic rings. The quantitative estimate of drug-likeness (QED) is 0.0955. The van der Waals surface area contributed by atoms with E-state index in [-0.39, 0.29) is 21.7 Å². The zero-order valence-electron chi connectivity index (χ0n) is 25.2. The van der Waals surface area contributed by atoms with Crippen LogP contribution in [0.15, 0.2) is 66.7 Å². The van der Waals surface area contributed by atoms with Crippen LogP contribution < -0.4 is 0 Å². The Balaban J connectivity index is 1.58. The van der Waals surface area contributed by atoms with E-state index >= 15 is 0 Å². The number of hydrogen-bond donors (Lipinski definition) is 4. The minimum atomic E-state index is -0.334. The van der Waals surface area contributed by atoms with Crippen LogP contribution in [0.25, 0.3) is 0 Å². The number of hydrogen-bond acceptors (Lipinski definition) is 0. The molecule has 1 aromatic carbocycles. The van der Waals surface area contributed by atoms with Gasteiger partial charge in [-0.2, -0.15) is 0 Å². The van der Waals surface area contributed by atoms with Crippen molar-refractivity contribution in [2.75, 3.05) is 0 Å². The number of nitrogens with one attached hydrogen (secondary N) is 4. The average molecular weight is 655 g/mol. The first-order chi connectivity index (χ1) is 19.2. The van der Waals surface area contributed by atoms with Gasteiger partial charge in [0.1, 0.15) is 0 Å². The van der Waals surface area contributed by atoms with Crippen LogP contribution in [-0.4, -0.2) is 19.9 Å². The summed E-state index contributed by atoms with van der Waals surface area (Å²) in [6.45, 7) is 18.2. The Morgan fingerprint density at radius 2 is 0.854 bits per heavy atom. The second-order valence-electron chi connectivity index (χ2n) is 13.6. The molecule has 4 N–H and O–H groups in total. The summed E-state index contributed by atoms with van der Waals surface area (Å²) < 4.78 is 1.21. The number of aromatic nitrogens is 4. The molecule has 210 valence electrons. The van der Waals surface area contributed by atoms with Gasteiger partial charge in [-0.15, -0.1) is 0 Å². The van der Waals surface area contributed by atoms with Gasteiger partial charge in [-0.1, -0.05) is 11.8 Å². The molecule has 1 aliphatic rings. The van der Waals surface area contributed by atoms with Gasteiger partial charge in [-0.3, -0.25) is 0 Å². The molecular formula is C36H39IN4. The lowest BCUT2D eigenvalue weighted by molar-refractivity contribution is 0.545. The number of H-pyrrole nitrogens is 4. The minimum absolute atomic E-state index is 0.215. The summed E-state index contributed by atoms with van der Waals surface area (Å²) in [6.07, 6.45) is 0. The Morgan fingerprint density at radius 1 is 0.463 bits per heavy atom. The largest absolute Gasteiger partial charge is 0.361 e. The smallest absolute Gasteiger partial charge is 0.0469 e.